The van der Waals surface area contributed by atoms with Crippen LogP contribution in [0.3, 0.4) is 0 Å². The van der Waals surface area contributed by atoms with Gasteiger partial charge in [0.25, 0.3) is 5.91 Å². The van der Waals surface area contributed by atoms with Crippen LogP contribution < -0.4 is 5.32 Å². The summed E-state index contributed by atoms with van der Waals surface area (Å²) in [5.41, 5.74) is 1.60. The van der Waals surface area contributed by atoms with Crippen LogP contribution in [0.2, 0.25) is 0 Å². The first-order valence-electron chi connectivity index (χ1n) is 4.04. The second kappa shape index (κ2) is 3.91. The van der Waals surface area contributed by atoms with Crippen LogP contribution in [0.15, 0.2) is 0 Å². The third-order valence-electron chi connectivity index (χ3n) is 1.76. The summed E-state index contributed by atoms with van der Waals surface area (Å²) in [4.78, 5) is 21.6. The summed E-state index contributed by atoms with van der Waals surface area (Å²) >= 11 is 0. The van der Waals surface area contributed by atoms with Gasteiger partial charge in [-0.1, -0.05) is 0 Å². The molecular weight excluding hydrogens is 186 g/mol. The first kappa shape index (κ1) is 10.2. The minimum Gasteiger partial charge on any atom is -0.480 e. The Bertz CT molecular complexity index is 350. The maximum Gasteiger partial charge on any atom is 0.322 e. The van der Waals surface area contributed by atoms with Crippen LogP contribution in [0.4, 0.5) is 0 Å². The Balaban J connectivity index is 2.74. The lowest BCUT2D eigenvalue weighted by molar-refractivity contribution is -0.135. The maximum absolute atomic E-state index is 11.4. The standard InChI is InChI=1S/C8H11N3O3/c1-4-7(5(2)11-10-4)8(14)9-3-6(12)13/h3H2,1-2H3,(H,9,14)(H,10,11)(H,12,13). The zero-order chi connectivity index (χ0) is 10.7. The Labute approximate surface area is 80.3 Å². The molecule has 6 nitrogen and oxygen atoms in total. The number of aromatic amines is 1. The molecule has 1 heterocycles. The number of hydrogen-bond donors (Lipinski definition) is 3. The van der Waals surface area contributed by atoms with E-state index in [1.807, 2.05) is 0 Å². The molecule has 0 unspecified atom stereocenters. The summed E-state index contributed by atoms with van der Waals surface area (Å²) in [5.74, 6) is -1.49. The van der Waals surface area contributed by atoms with Crippen molar-refractivity contribution in [2.45, 2.75) is 13.8 Å². The molecule has 0 saturated carbocycles. The number of amides is 1. The first-order valence-corrected chi connectivity index (χ1v) is 4.04. The van der Waals surface area contributed by atoms with Crippen LogP contribution in [-0.2, 0) is 4.79 Å². The van der Waals surface area contributed by atoms with Crippen LogP contribution >= 0.6 is 0 Å². The fourth-order valence-electron chi connectivity index (χ4n) is 1.13. The molecule has 1 aromatic heterocycles. The van der Waals surface area contributed by atoms with Crippen molar-refractivity contribution in [2.24, 2.45) is 0 Å². The monoisotopic (exact) mass is 197 g/mol. The quantitative estimate of drug-likeness (QED) is 0.627. The highest BCUT2D eigenvalue weighted by Crippen LogP contribution is 2.08. The molecule has 0 atom stereocenters. The Morgan fingerprint density at radius 1 is 1.50 bits per heavy atom. The average molecular weight is 197 g/mol. The van der Waals surface area contributed by atoms with Gasteiger partial charge in [0.2, 0.25) is 0 Å². The third kappa shape index (κ3) is 2.09. The van der Waals surface area contributed by atoms with Gasteiger partial charge in [-0.15, -0.1) is 0 Å². The average Bonchev–Trinajstić information content (AvgIpc) is 2.42. The van der Waals surface area contributed by atoms with Gasteiger partial charge in [0, 0.05) is 5.69 Å². The number of aromatic nitrogens is 2. The van der Waals surface area contributed by atoms with Crippen LogP contribution in [0.25, 0.3) is 0 Å². The number of rotatable bonds is 3. The lowest BCUT2D eigenvalue weighted by Gasteiger charge is -2.01. The zero-order valence-electron chi connectivity index (χ0n) is 7.92. The normalized spacial score (nSPS) is 9.86. The number of carboxylic acids is 1. The SMILES string of the molecule is Cc1n[nH]c(C)c1C(=O)NCC(=O)O. The van der Waals surface area contributed by atoms with Crippen molar-refractivity contribution in [3.8, 4) is 0 Å². The molecule has 0 radical (unpaired) electrons. The summed E-state index contributed by atoms with van der Waals surface area (Å²) in [6, 6.07) is 0. The highest BCUT2D eigenvalue weighted by atomic mass is 16.4. The molecular formula is C8H11N3O3. The largest absolute Gasteiger partial charge is 0.480 e. The molecule has 0 aromatic carbocycles. The lowest BCUT2D eigenvalue weighted by Crippen LogP contribution is -2.29. The number of aryl methyl sites for hydroxylation is 2. The van der Waals surface area contributed by atoms with Gasteiger partial charge < -0.3 is 10.4 Å². The predicted molar refractivity (Wildman–Crippen MR) is 48.0 cm³/mol. The van der Waals surface area contributed by atoms with Gasteiger partial charge in [0.05, 0.1) is 11.3 Å². The summed E-state index contributed by atoms with van der Waals surface area (Å²) < 4.78 is 0. The van der Waals surface area contributed by atoms with E-state index in [-0.39, 0.29) is 6.54 Å². The fourth-order valence-corrected chi connectivity index (χ4v) is 1.13. The van der Waals surface area contributed by atoms with E-state index < -0.39 is 11.9 Å². The predicted octanol–water partition coefficient (Wildman–Crippen LogP) is -0.159. The summed E-state index contributed by atoms with van der Waals surface area (Å²) in [7, 11) is 0. The van der Waals surface area contributed by atoms with Crippen molar-refractivity contribution in [3.63, 3.8) is 0 Å². The van der Waals surface area contributed by atoms with Gasteiger partial charge in [0.1, 0.15) is 6.54 Å². The fraction of sp³-hybridized carbons (Fsp3) is 0.375. The van der Waals surface area contributed by atoms with E-state index in [2.05, 4.69) is 15.5 Å². The first-order chi connectivity index (χ1) is 6.52. The number of nitrogens with zero attached hydrogens (tertiary/aromatic N) is 1. The van der Waals surface area contributed by atoms with Crippen LogP contribution in [0, 0.1) is 13.8 Å². The van der Waals surface area contributed by atoms with Gasteiger partial charge in [-0.05, 0) is 13.8 Å². The van der Waals surface area contributed by atoms with Crippen molar-refractivity contribution >= 4 is 11.9 Å². The van der Waals surface area contributed by atoms with Gasteiger partial charge in [-0.3, -0.25) is 14.7 Å². The Hall–Kier alpha value is -1.85. The molecule has 0 aliphatic carbocycles. The van der Waals surface area contributed by atoms with E-state index in [1.54, 1.807) is 13.8 Å². The molecule has 0 bridgehead atoms. The van der Waals surface area contributed by atoms with E-state index in [4.69, 9.17) is 5.11 Å². The lowest BCUT2D eigenvalue weighted by atomic mass is 10.2. The van der Waals surface area contributed by atoms with Gasteiger partial charge in [-0.25, -0.2) is 0 Å². The molecule has 0 spiro atoms. The third-order valence-corrected chi connectivity index (χ3v) is 1.76. The number of H-pyrrole nitrogens is 1. The van der Waals surface area contributed by atoms with Crippen molar-refractivity contribution in [1.29, 1.82) is 0 Å². The number of hydrogen-bond acceptors (Lipinski definition) is 3. The zero-order valence-corrected chi connectivity index (χ0v) is 7.92. The molecule has 1 amide bonds. The van der Waals surface area contributed by atoms with Crippen molar-refractivity contribution in [1.82, 2.24) is 15.5 Å². The number of carbonyl (C=O) groups is 2. The van der Waals surface area contributed by atoms with Crippen molar-refractivity contribution < 1.29 is 14.7 Å². The van der Waals surface area contributed by atoms with Gasteiger partial charge >= 0.3 is 5.97 Å². The molecule has 3 N–H and O–H groups in total. The molecule has 76 valence electrons. The topological polar surface area (TPSA) is 95.1 Å². The smallest absolute Gasteiger partial charge is 0.322 e. The Kier molecular flexibility index (Phi) is 2.85. The van der Waals surface area contributed by atoms with E-state index in [0.717, 1.165) is 0 Å². The van der Waals surface area contributed by atoms with Crippen LogP contribution in [0.1, 0.15) is 21.7 Å². The molecule has 1 aromatic rings. The van der Waals surface area contributed by atoms with Gasteiger partial charge in [-0.2, -0.15) is 5.10 Å². The molecule has 0 fully saturated rings. The maximum atomic E-state index is 11.4. The second-order valence-corrected chi connectivity index (χ2v) is 2.89. The molecule has 1 rings (SSSR count). The molecule has 14 heavy (non-hydrogen) atoms. The summed E-state index contributed by atoms with van der Waals surface area (Å²) in [5, 5.41) is 17.1. The minimum absolute atomic E-state index is 0.386. The highest BCUT2D eigenvalue weighted by Gasteiger charge is 2.15. The van der Waals surface area contributed by atoms with Crippen molar-refractivity contribution in [3.05, 3.63) is 17.0 Å². The molecule has 0 aliphatic heterocycles. The molecule has 0 aliphatic rings. The summed E-state index contributed by atoms with van der Waals surface area (Å²) in [6.45, 7) is 3.00. The number of aliphatic carboxylic acids is 1. The second-order valence-electron chi connectivity index (χ2n) is 2.89. The Morgan fingerprint density at radius 3 is 2.57 bits per heavy atom. The van der Waals surface area contributed by atoms with Crippen molar-refractivity contribution in [2.75, 3.05) is 6.54 Å². The van der Waals surface area contributed by atoms with E-state index in [1.165, 1.54) is 0 Å². The van der Waals surface area contributed by atoms with E-state index in [0.29, 0.717) is 17.0 Å². The molecule has 0 saturated heterocycles. The van der Waals surface area contributed by atoms with E-state index >= 15 is 0 Å². The molecule has 6 heteroatoms. The number of carbonyl (C=O) groups excluding carboxylic acids is 1. The summed E-state index contributed by atoms with van der Waals surface area (Å²) in [6.07, 6.45) is 0. The van der Waals surface area contributed by atoms with Crippen LogP contribution in [0.5, 0.6) is 0 Å². The number of nitrogens with one attached hydrogen (secondary N) is 2. The van der Waals surface area contributed by atoms with Crippen LogP contribution in [-0.4, -0.2) is 33.7 Å². The highest BCUT2D eigenvalue weighted by molar-refractivity contribution is 5.97. The number of carboxylic acid groups (broad SMARTS) is 1. The Morgan fingerprint density at radius 2 is 2.14 bits per heavy atom. The van der Waals surface area contributed by atoms with E-state index in [9.17, 15) is 9.59 Å². The minimum atomic E-state index is -1.07. The van der Waals surface area contributed by atoms with Gasteiger partial charge in [0.15, 0.2) is 0 Å².